The van der Waals surface area contributed by atoms with E-state index in [0.717, 1.165) is 5.69 Å². The van der Waals surface area contributed by atoms with Gasteiger partial charge in [-0.25, -0.2) is 9.97 Å². The number of ether oxygens (including phenoxy) is 1. The average Bonchev–Trinajstić information content (AvgIpc) is 2.56. The van der Waals surface area contributed by atoms with Crippen LogP contribution < -0.4 is 10.2 Å². The maximum Gasteiger partial charge on any atom is 0.353 e. The molecule has 1 heterocycles. The van der Waals surface area contributed by atoms with Gasteiger partial charge >= 0.3 is 5.69 Å². The molecule has 1 N–H and O–H groups in total. The molecule has 0 radical (unpaired) electrons. The lowest BCUT2D eigenvalue weighted by molar-refractivity contribution is -0.383. The number of anilines is 3. The zero-order valence-corrected chi connectivity index (χ0v) is 14.0. The number of hydrogen-bond donors (Lipinski definition) is 1. The lowest BCUT2D eigenvalue weighted by Gasteiger charge is -2.22. The topological polar surface area (TPSA) is 93.4 Å². The summed E-state index contributed by atoms with van der Waals surface area (Å²) >= 11 is 0. The Morgan fingerprint density at radius 2 is 2.04 bits per heavy atom. The molecule has 0 saturated heterocycles. The van der Waals surface area contributed by atoms with E-state index in [9.17, 15) is 10.1 Å². The van der Waals surface area contributed by atoms with Crippen molar-refractivity contribution in [2.24, 2.45) is 0 Å². The summed E-state index contributed by atoms with van der Waals surface area (Å²) in [5.74, 6) is 0.444. The fraction of sp³-hybridized carbons (Fsp3) is 0.375. The van der Waals surface area contributed by atoms with Gasteiger partial charge in [0.1, 0.15) is 6.33 Å². The second-order valence-electron chi connectivity index (χ2n) is 5.23. The van der Waals surface area contributed by atoms with E-state index in [0.29, 0.717) is 13.2 Å². The van der Waals surface area contributed by atoms with Crippen LogP contribution in [0.15, 0.2) is 36.7 Å². The minimum atomic E-state index is -0.456. The van der Waals surface area contributed by atoms with Crippen molar-refractivity contribution in [3.63, 3.8) is 0 Å². The predicted molar refractivity (Wildman–Crippen MR) is 92.8 cm³/mol. The molecule has 0 aliphatic rings. The van der Waals surface area contributed by atoms with E-state index in [-0.39, 0.29) is 23.4 Å². The molecule has 2 aromatic rings. The zero-order valence-electron chi connectivity index (χ0n) is 14.0. The summed E-state index contributed by atoms with van der Waals surface area (Å²) in [7, 11) is 1.58. The molecular weight excluding hydrogens is 310 g/mol. The fourth-order valence-corrected chi connectivity index (χ4v) is 2.43. The van der Waals surface area contributed by atoms with Crippen molar-refractivity contribution in [2.75, 3.05) is 30.5 Å². The molecule has 0 saturated carbocycles. The highest BCUT2D eigenvalue weighted by Gasteiger charge is 2.27. The van der Waals surface area contributed by atoms with Gasteiger partial charge in [-0.2, -0.15) is 0 Å². The molecule has 1 aromatic carbocycles. The number of nitrogens with zero attached hydrogens (tertiary/aromatic N) is 4. The van der Waals surface area contributed by atoms with E-state index in [2.05, 4.69) is 15.3 Å². The van der Waals surface area contributed by atoms with Crippen LogP contribution in [0, 0.1) is 10.1 Å². The summed E-state index contributed by atoms with van der Waals surface area (Å²) in [4.78, 5) is 21.2. The number of nitrogens with one attached hydrogen (secondary N) is 1. The number of para-hydroxylation sites is 1. The highest BCUT2D eigenvalue weighted by Crippen LogP contribution is 2.35. The molecule has 128 valence electrons. The van der Waals surface area contributed by atoms with E-state index in [1.807, 2.05) is 44.2 Å². The Labute approximate surface area is 140 Å². The average molecular weight is 331 g/mol. The molecule has 1 unspecified atom stereocenters. The summed E-state index contributed by atoms with van der Waals surface area (Å²) in [6.45, 7) is 4.73. The molecule has 2 rings (SSSR count). The van der Waals surface area contributed by atoms with E-state index in [1.165, 1.54) is 6.33 Å². The van der Waals surface area contributed by atoms with Gasteiger partial charge in [0.05, 0.1) is 11.5 Å². The Hall–Kier alpha value is -2.74. The van der Waals surface area contributed by atoms with Gasteiger partial charge in [0.2, 0.25) is 11.6 Å². The molecular formula is C16H21N5O3. The first kappa shape index (κ1) is 17.6. The highest BCUT2D eigenvalue weighted by molar-refractivity contribution is 5.75. The van der Waals surface area contributed by atoms with E-state index < -0.39 is 4.92 Å². The van der Waals surface area contributed by atoms with Crippen molar-refractivity contribution in [3.05, 3.63) is 46.8 Å². The third kappa shape index (κ3) is 3.96. The summed E-state index contributed by atoms with van der Waals surface area (Å²) < 4.78 is 5.06. The van der Waals surface area contributed by atoms with Crippen LogP contribution in [0.4, 0.5) is 23.0 Å². The molecule has 0 aliphatic heterocycles. The summed E-state index contributed by atoms with van der Waals surface area (Å²) in [6.07, 6.45) is 1.33. The Morgan fingerprint density at radius 1 is 1.33 bits per heavy atom. The van der Waals surface area contributed by atoms with Gasteiger partial charge in [-0.3, -0.25) is 10.1 Å². The number of benzene rings is 1. The molecule has 0 aliphatic carbocycles. The van der Waals surface area contributed by atoms with Crippen molar-refractivity contribution in [2.45, 2.75) is 19.9 Å². The number of nitro groups is 1. The van der Waals surface area contributed by atoms with Crippen LogP contribution in [0.5, 0.6) is 0 Å². The maximum absolute atomic E-state index is 11.7. The first-order valence-electron chi connectivity index (χ1n) is 7.65. The first-order valence-corrected chi connectivity index (χ1v) is 7.65. The lowest BCUT2D eigenvalue weighted by atomic mass is 10.2. The van der Waals surface area contributed by atoms with Crippen LogP contribution in [0.1, 0.15) is 13.8 Å². The third-order valence-electron chi connectivity index (χ3n) is 3.43. The van der Waals surface area contributed by atoms with Crippen LogP contribution in [-0.2, 0) is 4.74 Å². The van der Waals surface area contributed by atoms with Gasteiger partial charge in [0, 0.05) is 25.4 Å². The molecule has 1 atom stereocenters. The van der Waals surface area contributed by atoms with Crippen LogP contribution in [0.2, 0.25) is 0 Å². The Bertz CT molecular complexity index is 681. The van der Waals surface area contributed by atoms with Gasteiger partial charge < -0.3 is 15.0 Å². The Morgan fingerprint density at radius 3 is 2.62 bits per heavy atom. The predicted octanol–water partition coefficient (Wildman–Crippen LogP) is 2.99. The minimum Gasteiger partial charge on any atom is -0.383 e. The normalized spacial score (nSPS) is 11.8. The van der Waals surface area contributed by atoms with Crippen molar-refractivity contribution in [1.82, 2.24) is 9.97 Å². The minimum absolute atomic E-state index is 0.122. The van der Waals surface area contributed by atoms with Gasteiger partial charge in [0.15, 0.2) is 0 Å². The number of hydrogen-bond acceptors (Lipinski definition) is 7. The highest BCUT2D eigenvalue weighted by atomic mass is 16.6. The second-order valence-corrected chi connectivity index (χ2v) is 5.23. The maximum atomic E-state index is 11.7. The van der Waals surface area contributed by atoms with Gasteiger partial charge in [-0.1, -0.05) is 18.2 Å². The van der Waals surface area contributed by atoms with Crippen molar-refractivity contribution < 1.29 is 9.66 Å². The van der Waals surface area contributed by atoms with Gasteiger partial charge in [-0.15, -0.1) is 0 Å². The number of methoxy groups -OCH3 is 1. The monoisotopic (exact) mass is 331 g/mol. The largest absolute Gasteiger partial charge is 0.383 e. The lowest BCUT2D eigenvalue weighted by Crippen LogP contribution is -2.24. The SMILES string of the molecule is CCN(c1ccccc1)c1ncnc(NC(C)COC)c1[N+](=O)[O-]. The smallest absolute Gasteiger partial charge is 0.353 e. The van der Waals surface area contributed by atoms with Gasteiger partial charge in [-0.05, 0) is 26.0 Å². The van der Waals surface area contributed by atoms with Crippen LogP contribution in [0.25, 0.3) is 0 Å². The molecule has 8 heteroatoms. The summed E-state index contributed by atoms with van der Waals surface area (Å²) in [5.41, 5.74) is 0.684. The van der Waals surface area contributed by atoms with Crippen LogP contribution >= 0.6 is 0 Å². The van der Waals surface area contributed by atoms with Crippen LogP contribution in [0.3, 0.4) is 0 Å². The van der Waals surface area contributed by atoms with E-state index in [1.54, 1.807) is 12.0 Å². The molecule has 0 spiro atoms. The molecule has 8 nitrogen and oxygen atoms in total. The van der Waals surface area contributed by atoms with E-state index >= 15 is 0 Å². The van der Waals surface area contributed by atoms with Crippen LogP contribution in [-0.4, -0.2) is 41.2 Å². The number of rotatable bonds is 8. The molecule has 24 heavy (non-hydrogen) atoms. The Balaban J connectivity index is 2.47. The van der Waals surface area contributed by atoms with Crippen molar-refractivity contribution >= 4 is 23.0 Å². The van der Waals surface area contributed by atoms with Crippen molar-refractivity contribution in [3.8, 4) is 0 Å². The summed E-state index contributed by atoms with van der Waals surface area (Å²) in [6, 6.07) is 9.30. The molecule has 0 amide bonds. The molecule has 1 aromatic heterocycles. The Kier molecular flexibility index (Phi) is 6.02. The van der Waals surface area contributed by atoms with Crippen molar-refractivity contribution in [1.29, 1.82) is 0 Å². The summed E-state index contributed by atoms with van der Waals surface area (Å²) in [5, 5.41) is 14.7. The number of aromatic nitrogens is 2. The molecule has 0 fully saturated rings. The fourth-order valence-electron chi connectivity index (χ4n) is 2.43. The van der Waals surface area contributed by atoms with E-state index in [4.69, 9.17) is 4.74 Å². The zero-order chi connectivity index (χ0) is 17.5. The third-order valence-corrected chi connectivity index (χ3v) is 3.43. The van der Waals surface area contributed by atoms with Gasteiger partial charge in [0.25, 0.3) is 0 Å². The second kappa shape index (κ2) is 8.21. The first-order chi connectivity index (χ1) is 11.6. The quantitative estimate of drug-likeness (QED) is 0.587. The standard InChI is InChI=1S/C16H21N5O3/c1-4-20(13-8-6-5-7-9-13)16-14(21(22)23)15(17-11-18-16)19-12(2)10-24-3/h5-9,11-12H,4,10H2,1-3H3,(H,17,18,19). The molecule has 0 bridgehead atoms.